The molecule has 0 unspecified atom stereocenters. The van der Waals surface area contributed by atoms with Crippen molar-refractivity contribution in [2.45, 2.75) is 32.6 Å². The van der Waals surface area contributed by atoms with E-state index in [1.807, 2.05) is 26.0 Å². The number of nitrogens with one attached hydrogen (secondary N) is 1. The van der Waals surface area contributed by atoms with Crippen molar-refractivity contribution in [1.29, 1.82) is 5.26 Å². The number of nitriles is 1. The molecule has 2 aromatic carbocycles. The minimum absolute atomic E-state index is 0.146. The van der Waals surface area contributed by atoms with Crippen molar-refractivity contribution >= 4 is 21.5 Å². The van der Waals surface area contributed by atoms with E-state index in [1.54, 1.807) is 38.1 Å². The highest BCUT2D eigenvalue weighted by Crippen LogP contribution is 2.30. The van der Waals surface area contributed by atoms with Gasteiger partial charge in [-0.05, 0) is 62.1 Å². The number of anilines is 2. The lowest BCUT2D eigenvalue weighted by Crippen LogP contribution is -2.18. The summed E-state index contributed by atoms with van der Waals surface area (Å²) >= 11 is 0. The van der Waals surface area contributed by atoms with E-state index in [9.17, 15) is 8.42 Å². The lowest BCUT2D eigenvalue weighted by molar-refractivity contribution is 0.599. The number of nitrogens with zero attached hydrogens (tertiary/aromatic N) is 3. The van der Waals surface area contributed by atoms with Crippen LogP contribution in [0.1, 0.15) is 27.8 Å². The van der Waals surface area contributed by atoms with Gasteiger partial charge in [-0.2, -0.15) is 10.4 Å². The van der Waals surface area contributed by atoms with E-state index in [4.69, 9.17) is 11.0 Å². The van der Waals surface area contributed by atoms with Crippen LogP contribution in [0.5, 0.6) is 0 Å². The van der Waals surface area contributed by atoms with Crippen LogP contribution in [0.4, 0.5) is 11.5 Å². The summed E-state index contributed by atoms with van der Waals surface area (Å²) in [6.45, 7) is 7.38. The Morgan fingerprint density at radius 3 is 2.29 bits per heavy atom. The molecule has 28 heavy (non-hydrogen) atoms. The molecule has 0 saturated carbocycles. The SMILES string of the molecule is Cc1cc(C)c(C)c(S(=O)(=O)Nc2ccccc2-n2ncc(C#N)c2N)c1C. The Labute approximate surface area is 164 Å². The molecule has 0 amide bonds. The first kappa shape index (κ1) is 19.5. The molecule has 0 aliphatic carbocycles. The van der Waals surface area contributed by atoms with Gasteiger partial charge in [-0.3, -0.25) is 4.72 Å². The van der Waals surface area contributed by atoms with Gasteiger partial charge in [0.15, 0.2) is 0 Å². The van der Waals surface area contributed by atoms with Crippen LogP contribution in [-0.4, -0.2) is 18.2 Å². The van der Waals surface area contributed by atoms with Crippen molar-refractivity contribution in [3.8, 4) is 11.8 Å². The number of rotatable bonds is 4. The lowest BCUT2D eigenvalue weighted by atomic mass is 10.0. The Kier molecular flexibility index (Phi) is 4.87. The Morgan fingerprint density at radius 2 is 1.71 bits per heavy atom. The number of para-hydroxylation sites is 2. The van der Waals surface area contributed by atoms with E-state index in [2.05, 4.69) is 9.82 Å². The first-order valence-electron chi connectivity index (χ1n) is 8.60. The van der Waals surface area contributed by atoms with Crippen LogP contribution >= 0.6 is 0 Å². The van der Waals surface area contributed by atoms with Crippen LogP contribution in [0, 0.1) is 39.0 Å². The average Bonchev–Trinajstić information content (AvgIpc) is 3.00. The molecule has 144 valence electrons. The van der Waals surface area contributed by atoms with Crippen LogP contribution in [0.15, 0.2) is 41.4 Å². The van der Waals surface area contributed by atoms with Crippen LogP contribution in [0.2, 0.25) is 0 Å². The number of aromatic nitrogens is 2. The molecule has 0 radical (unpaired) electrons. The van der Waals surface area contributed by atoms with E-state index in [0.717, 1.165) is 11.1 Å². The van der Waals surface area contributed by atoms with Gasteiger partial charge in [0.2, 0.25) is 0 Å². The van der Waals surface area contributed by atoms with E-state index in [1.165, 1.54) is 10.9 Å². The maximum absolute atomic E-state index is 13.3. The monoisotopic (exact) mass is 395 g/mol. The highest BCUT2D eigenvalue weighted by molar-refractivity contribution is 7.92. The normalized spacial score (nSPS) is 11.2. The van der Waals surface area contributed by atoms with E-state index >= 15 is 0 Å². The van der Waals surface area contributed by atoms with Gasteiger partial charge in [0.25, 0.3) is 10.0 Å². The third kappa shape index (κ3) is 3.21. The van der Waals surface area contributed by atoms with E-state index in [0.29, 0.717) is 22.5 Å². The number of aryl methyl sites for hydroxylation is 2. The van der Waals surface area contributed by atoms with Gasteiger partial charge in [0, 0.05) is 0 Å². The molecule has 7 nitrogen and oxygen atoms in total. The summed E-state index contributed by atoms with van der Waals surface area (Å²) in [6, 6.07) is 10.7. The van der Waals surface area contributed by atoms with Gasteiger partial charge in [0.05, 0.1) is 22.5 Å². The Morgan fingerprint density at radius 1 is 1.11 bits per heavy atom. The molecule has 3 rings (SSSR count). The molecule has 3 N–H and O–H groups in total. The highest BCUT2D eigenvalue weighted by atomic mass is 32.2. The molecule has 0 aliphatic rings. The van der Waals surface area contributed by atoms with Gasteiger partial charge in [-0.1, -0.05) is 18.2 Å². The summed E-state index contributed by atoms with van der Waals surface area (Å²) in [6.07, 6.45) is 1.35. The number of sulfonamides is 1. The second-order valence-corrected chi connectivity index (χ2v) is 8.30. The molecule has 1 heterocycles. The zero-order valence-corrected chi connectivity index (χ0v) is 16.9. The first-order chi connectivity index (χ1) is 13.2. The number of nitrogens with two attached hydrogens (primary N) is 1. The smallest absolute Gasteiger partial charge is 0.262 e. The van der Waals surface area contributed by atoms with Crippen molar-refractivity contribution < 1.29 is 8.42 Å². The van der Waals surface area contributed by atoms with Crippen LogP contribution < -0.4 is 10.5 Å². The second kappa shape index (κ2) is 7.02. The predicted molar refractivity (Wildman–Crippen MR) is 109 cm³/mol. The minimum atomic E-state index is -3.86. The van der Waals surface area contributed by atoms with E-state index < -0.39 is 10.0 Å². The molecule has 8 heteroatoms. The summed E-state index contributed by atoms with van der Waals surface area (Å²) in [7, 11) is -3.86. The van der Waals surface area contributed by atoms with Crippen molar-refractivity contribution in [3.05, 3.63) is 64.3 Å². The van der Waals surface area contributed by atoms with Gasteiger partial charge in [-0.15, -0.1) is 0 Å². The summed E-state index contributed by atoms with van der Waals surface area (Å²) in [5, 5.41) is 13.2. The standard InChI is InChI=1S/C20H21N5O2S/c1-12-9-13(2)15(4)19(14(12)3)28(26,27)24-17-7-5-6-8-18(17)25-20(22)16(10-21)11-23-25/h5-9,11,24H,22H2,1-4H3. The summed E-state index contributed by atoms with van der Waals surface area (Å²) in [4.78, 5) is 0.269. The predicted octanol–water partition coefficient (Wildman–Crippen LogP) is 3.36. The van der Waals surface area contributed by atoms with Gasteiger partial charge in [-0.25, -0.2) is 13.1 Å². The van der Waals surface area contributed by atoms with E-state index in [-0.39, 0.29) is 16.3 Å². The molecular formula is C20H21N5O2S. The lowest BCUT2D eigenvalue weighted by Gasteiger charge is -2.18. The number of hydrogen-bond acceptors (Lipinski definition) is 5. The van der Waals surface area contributed by atoms with Crippen molar-refractivity contribution in [3.63, 3.8) is 0 Å². The topological polar surface area (TPSA) is 114 Å². The first-order valence-corrected chi connectivity index (χ1v) is 10.1. The Hall–Kier alpha value is -3.31. The molecule has 0 aliphatic heterocycles. The highest BCUT2D eigenvalue weighted by Gasteiger charge is 2.24. The maximum Gasteiger partial charge on any atom is 0.262 e. The molecular weight excluding hydrogens is 374 g/mol. The molecule has 3 aromatic rings. The minimum Gasteiger partial charge on any atom is -0.382 e. The van der Waals surface area contributed by atoms with Crippen LogP contribution in [-0.2, 0) is 10.0 Å². The third-order valence-electron chi connectivity index (χ3n) is 4.87. The zero-order valence-electron chi connectivity index (χ0n) is 16.1. The Balaban J connectivity index is 2.14. The molecule has 0 saturated heterocycles. The van der Waals surface area contributed by atoms with Crippen molar-refractivity contribution in [1.82, 2.24) is 9.78 Å². The molecule has 0 bridgehead atoms. The van der Waals surface area contributed by atoms with Gasteiger partial charge >= 0.3 is 0 Å². The quantitative estimate of drug-likeness (QED) is 0.703. The van der Waals surface area contributed by atoms with Crippen molar-refractivity contribution in [2.24, 2.45) is 0 Å². The summed E-state index contributed by atoms with van der Waals surface area (Å²) in [5.74, 6) is 0.146. The number of benzene rings is 2. The zero-order chi connectivity index (χ0) is 20.6. The molecule has 0 atom stereocenters. The Bertz CT molecular complexity index is 1190. The number of nitrogen functional groups attached to an aromatic ring is 1. The number of hydrogen-bond donors (Lipinski definition) is 2. The van der Waals surface area contributed by atoms with Crippen molar-refractivity contribution in [2.75, 3.05) is 10.5 Å². The van der Waals surface area contributed by atoms with Gasteiger partial charge < -0.3 is 5.73 Å². The van der Waals surface area contributed by atoms with Crippen LogP contribution in [0.25, 0.3) is 5.69 Å². The summed E-state index contributed by atoms with van der Waals surface area (Å²) < 4.78 is 30.5. The maximum atomic E-state index is 13.3. The largest absolute Gasteiger partial charge is 0.382 e. The second-order valence-electron chi connectivity index (χ2n) is 6.68. The third-order valence-corrected chi connectivity index (χ3v) is 6.51. The average molecular weight is 395 g/mol. The molecule has 0 spiro atoms. The fraction of sp³-hybridized carbons (Fsp3) is 0.200. The van der Waals surface area contributed by atoms with Gasteiger partial charge in [0.1, 0.15) is 17.5 Å². The molecule has 0 fully saturated rings. The summed E-state index contributed by atoms with van der Waals surface area (Å²) in [5.41, 5.74) is 10.2. The van der Waals surface area contributed by atoms with Crippen LogP contribution in [0.3, 0.4) is 0 Å². The fourth-order valence-corrected chi connectivity index (χ4v) is 4.85. The molecule has 1 aromatic heterocycles. The fourth-order valence-electron chi connectivity index (χ4n) is 3.16.